The second kappa shape index (κ2) is 6.61. The number of halogens is 1. The fourth-order valence-corrected chi connectivity index (χ4v) is 1.67. The van der Waals surface area contributed by atoms with E-state index in [1.807, 2.05) is 0 Å². The average molecular weight is 259 g/mol. The Morgan fingerprint density at radius 3 is 2.76 bits per heavy atom. The Morgan fingerprint density at radius 2 is 2.24 bits per heavy atom. The number of rotatable bonds is 6. The van der Waals surface area contributed by atoms with Crippen molar-refractivity contribution < 1.29 is 4.74 Å². The van der Waals surface area contributed by atoms with Gasteiger partial charge in [0.25, 0.3) is 0 Å². The van der Waals surface area contributed by atoms with Crippen molar-refractivity contribution in [3.8, 4) is 6.01 Å². The molecule has 0 radical (unpaired) electrons. The highest BCUT2D eigenvalue weighted by atomic mass is 35.5. The van der Waals surface area contributed by atoms with Crippen LogP contribution in [-0.2, 0) is 0 Å². The lowest BCUT2D eigenvalue weighted by molar-refractivity contribution is 0.380. The quantitative estimate of drug-likeness (QED) is 0.816. The molecule has 0 aromatic carbocycles. The minimum Gasteiger partial charge on any atom is -0.467 e. The van der Waals surface area contributed by atoms with E-state index >= 15 is 0 Å². The van der Waals surface area contributed by atoms with Crippen LogP contribution in [0.25, 0.3) is 0 Å². The molecule has 1 rings (SSSR count). The zero-order valence-corrected chi connectivity index (χ0v) is 11.2. The number of hydrogen-bond acceptors (Lipinski definition) is 5. The molecule has 0 aliphatic heterocycles. The second-order valence-electron chi connectivity index (χ2n) is 4.26. The molecule has 0 fully saturated rings. The summed E-state index contributed by atoms with van der Waals surface area (Å²) < 4.78 is 4.95. The SMILES string of the molecule is COc1ncc(Cl)c(NC(CN)CC(C)C)n1. The summed E-state index contributed by atoms with van der Waals surface area (Å²) in [5.74, 6) is 1.12. The Morgan fingerprint density at radius 1 is 1.53 bits per heavy atom. The molecular weight excluding hydrogens is 240 g/mol. The minimum atomic E-state index is 0.145. The highest BCUT2D eigenvalue weighted by Crippen LogP contribution is 2.21. The molecule has 0 saturated carbocycles. The number of aromatic nitrogens is 2. The summed E-state index contributed by atoms with van der Waals surface area (Å²) in [6, 6.07) is 0.435. The molecule has 1 aromatic heterocycles. The van der Waals surface area contributed by atoms with Crippen molar-refractivity contribution >= 4 is 17.4 Å². The lowest BCUT2D eigenvalue weighted by Gasteiger charge is -2.20. The van der Waals surface area contributed by atoms with E-state index in [9.17, 15) is 0 Å². The predicted molar refractivity (Wildman–Crippen MR) is 69.5 cm³/mol. The Bertz CT molecular complexity index is 359. The lowest BCUT2D eigenvalue weighted by Crippen LogP contribution is -2.30. The van der Waals surface area contributed by atoms with Gasteiger partial charge in [-0.25, -0.2) is 4.98 Å². The molecule has 96 valence electrons. The van der Waals surface area contributed by atoms with Crippen LogP contribution in [0.3, 0.4) is 0 Å². The topological polar surface area (TPSA) is 73.1 Å². The number of hydrogen-bond donors (Lipinski definition) is 2. The molecule has 5 nitrogen and oxygen atoms in total. The highest BCUT2D eigenvalue weighted by molar-refractivity contribution is 6.32. The molecule has 0 amide bonds. The fourth-order valence-electron chi connectivity index (χ4n) is 1.53. The van der Waals surface area contributed by atoms with E-state index in [-0.39, 0.29) is 12.1 Å². The molecule has 0 aliphatic carbocycles. The van der Waals surface area contributed by atoms with Crippen molar-refractivity contribution in [2.75, 3.05) is 19.0 Å². The van der Waals surface area contributed by atoms with Gasteiger partial charge in [-0.05, 0) is 12.3 Å². The van der Waals surface area contributed by atoms with Gasteiger partial charge in [0.2, 0.25) is 0 Å². The molecular formula is C11H19ClN4O. The summed E-state index contributed by atoms with van der Waals surface area (Å²) in [6.07, 6.45) is 2.47. The number of ether oxygens (including phenoxy) is 1. The van der Waals surface area contributed by atoms with Gasteiger partial charge in [-0.1, -0.05) is 25.4 Å². The minimum absolute atomic E-state index is 0.145. The Balaban J connectivity index is 2.77. The van der Waals surface area contributed by atoms with Gasteiger partial charge in [-0.2, -0.15) is 4.98 Å². The lowest BCUT2D eigenvalue weighted by atomic mass is 10.0. The van der Waals surface area contributed by atoms with Gasteiger partial charge >= 0.3 is 6.01 Å². The first-order valence-electron chi connectivity index (χ1n) is 5.60. The van der Waals surface area contributed by atoms with Crippen LogP contribution in [0.2, 0.25) is 5.02 Å². The number of nitrogens with zero attached hydrogens (tertiary/aromatic N) is 2. The van der Waals surface area contributed by atoms with Gasteiger partial charge in [0.1, 0.15) is 5.02 Å². The van der Waals surface area contributed by atoms with E-state index < -0.39 is 0 Å². The number of anilines is 1. The molecule has 1 unspecified atom stereocenters. The normalized spacial score (nSPS) is 12.6. The number of nitrogens with one attached hydrogen (secondary N) is 1. The Hall–Kier alpha value is -1.07. The Labute approximate surface area is 107 Å². The summed E-state index contributed by atoms with van der Waals surface area (Å²) >= 11 is 6.01. The first-order chi connectivity index (χ1) is 8.06. The van der Waals surface area contributed by atoms with Crippen molar-refractivity contribution in [2.24, 2.45) is 11.7 Å². The predicted octanol–water partition coefficient (Wildman–Crippen LogP) is 1.92. The third kappa shape index (κ3) is 4.36. The van der Waals surface area contributed by atoms with Crippen LogP contribution in [-0.4, -0.2) is 29.7 Å². The average Bonchev–Trinajstić information content (AvgIpc) is 2.30. The molecule has 1 atom stereocenters. The van der Waals surface area contributed by atoms with Gasteiger partial charge in [0.05, 0.1) is 13.3 Å². The van der Waals surface area contributed by atoms with E-state index in [2.05, 4.69) is 29.1 Å². The zero-order chi connectivity index (χ0) is 12.8. The van der Waals surface area contributed by atoms with Crippen LogP contribution < -0.4 is 15.8 Å². The van der Waals surface area contributed by atoms with E-state index in [1.54, 1.807) is 0 Å². The highest BCUT2D eigenvalue weighted by Gasteiger charge is 2.12. The zero-order valence-electron chi connectivity index (χ0n) is 10.4. The van der Waals surface area contributed by atoms with Crippen molar-refractivity contribution in [1.29, 1.82) is 0 Å². The summed E-state index contributed by atoms with van der Waals surface area (Å²) in [7, 11) is 1.52. The van der Waals surface area contributed by atoms with Crippen molar-refractivity contribution in [3.05, 3.63) is 11.2 Å². The summed E-state index contributed by atoms with van der Waals surface area (Å²) in [5.41, 5.74) is 5.71. The smallest absolute Gasteiger partial charge is 0.318 e. The summed E-state index contributed by atoms with van der Waals surface area (Å²) in [6.45, 7) is 4.82. The fraction of sp³-hybridized carbons (Fsp3) is 0.636. The van der Waals surface area contributed by atoms with Crippen LogP contribution in [0.5, 0.6) is 6.01 Å². The van der Waals surface area contributed by atoms with Gasteiger partial charge in [0, 0.05) is 12.6 Å². The van der Waals surface area contributed by atoms with Crippen LogP contribution in [0.4, 0.5) is 5.82 Å². The van der Waals surface area contributed by atoms with Gasteiger partial charge in [-0.15, -0.1) is 0 Å². The molecule has 1 heterocycles. The summed E-state index contributed by atoms with van der Waals surface area (Å²) in [5, 5.41) is 3.68. The molecule has 0 aliphatic rings. The van der Waals surface area contributed by atoms with E-state index in [4.69, 9.17) is 22.1 Å². The van der Waals surface area contributed by atoms with Crippen molar-refractivity contribution in [1.82, 2.24) is 9.97 Å². The van der Waals surface area contributed by atoms with Crippen LogP contribution >= 0.6 is 11.6 Å². The largest absolute Gasteiger partial charge is 0.467 e. The number of methoxy groups -OCH3 is 1. The number of nitrogens with two attached hydrogens (primary N) is 1. The maximum absolute atomic E-state index is 6.01. The first-order valence-corrected chi connectivity index (χ1v) is 5.97. The Kier molecular flexibility index (Phi) is 5.44. The van der Waals surface area contributed by atoms with E-state index in [1.165, 1.54) is 13.3 Å². The first kappa shape index (κ1) is 14.0. The molecule has 3 N–H and O–H groups in total. The maximum Gasteiger partial charge on any atom is 0.318 e. The molecule has 1 aromatic rings. The van der Waals surface area contributed by atoms with Crippen LogP contribution in [0.15, 0.2) is 6.20 Å². The van der Waals surface area contributed by atoms with Gasteiger partial charge in [-0.3, -0.25) is 0 Å². The standard InChI is InChI=1S/C11H19ClN4O/c1-7(2)4-8(5-13)15-10-9(12)6-14-11(16-10)17-3/h6-8H,4-5,13H2,1-3H3,(H,14,15,16). The third-order valence-electron chi connectivity index (χ3n) is 2.29. The van der Waals surface area contributed by atoms with Crippen molar-refractivity contribution in [3.63, 3.8) is 0 Å². The van der Waals surface area contributed by atoms with Gasteiger partial charge < -0.3 is 15.8 Å². The molecule has 0 saturated heterocycles. The van der Waals surface area contributed by atoms with Crippen LogP contribution in [0.1, 0.15) is 20.3 Å². The molecule has 0 bridgehead atoms. The summed E-state index contributed by atoms with van der Waals surface area (Å²) in [4.78, 5) is 8.07. The molecule has 17 heavy (non-hydrogen) atoms. The molecule has 0 spiro atoms. The molecule has 6 heteroatoms. The van der Waals surface area contributed by atoms with E-state index in [0.717, 1.165) is 6.42 Å². The van der Waals surface area contributed by atoms with E-state index in [0.29, 0.717) is 23.3 Å². The monoisotopic (exact) mass is 258 g/mol. The third-order valence-corrected chi connectivity index (χ3v) is 2.56. The van der Waals surface area contributed by atoms with Crippen LogP contribution in [0, 0.1) is 5.92 Å². The second-order valence-corrected chi connectivity index (χ2v) is 4.67. The maximum atomic E-state index is 6.01. The van der Waals surface area contributed by atoms with Crippen molar-refractivity contribution in [2.45, 2.75) is 26.3 Å². The van der Waals surface area contributed by atoms with Gasteiger partial charge in [0.15, 0.2) is 5.82 Å².